The highest BCUT2D eigenvalue weighted by molar-refractivity contribution is 7.98. The monoisotopic (exact) mass is 236 g/mol. The number of halogens is 1. The van der Waals surface area contributed by atoms with Crippen molar-refractivity contribution in [1.82, 2.24) is 9.78 Å². The fraction of sp³-hybridized carbons (Fsp3) is 0.182. The van der Waals surface area contributed by atoms with Gasteiger partial charge in [-0.1, -0.05) is 12.1 Å². The molecule has 2 heterocycles. The fourth-order valence-corrected chi connectivity index (χ4v) is 2.99. The van der Waals surface area contributed by atoms with E-state index in [1.165, 1.54) is 6.07 Å². The number of hydrogen-bond acceptors (Lipinski definition) is 2. The third-order valence-electron chi connectivity index (χ3n) is 2.68. The highest BCUT2D eigenvalue weighted by Gasteiger charge is 2.22. The second-order valence-electron chi connectivity index (χ2n) is 3.65. The molecule has 0 unspecified atom stereocenters. The summed E-state index contributed by atoms with van der Waals surface area (Å²) in [5.41, 5.74) is 1.96. The highest BCUT2D eigenvalue weighted by Crippen LogP contribution is 2.29. The number of fused-ring (bicyclic) bond motifs is 1. The highest BCUT2D eigenvalue weighted by atomic mass is 32.2. The maximum absolute atomic E-state index is 13.6. The van der Waals surface area contributed by atoms with Crippen LogP contribution in [0.5, 0.6) is 0 Å². The number of nitrogens with zero attached hydrogens (tertiary/aromatic N) is 1. The third kappa shape index (κ3) is 1.31. The van der Waals surface area contributed by atoms with Gasteiger partial charge in [0.2, 0.25) is 0 Å². The molecule has 1 N–H and O–H groups in total. The number of hydrogen-bond donors (Lipinski definition) is 1. The maximum atomic E-state index is 13.6. The minimum Gasteiger partial charge on any atom is -0.268 e. The molecule has 3 nitrogen and oxygen atoms in total. The van der Waals surface area contributed by atoms with Gasteiger partial charge in [0.15, 0.2) is 0 Å². The smallest absolute Gasteiger partial charge is 0.268 e. The average Bonchev–Trinajstić information content (AvgIpc) is 2.84. The van der Waals surface area contributed by atoms with Gasteiger partial charge in [0.25, 0.3) is 5.56 Å². The molecule has 0 fully saturated rings. The lowest BCUT2D eigenvalue weighted by molar-refractivity contribution is 0.607. The zero-order valence-electron chi connectivity index (χ0n) is 8.37. The van der Waals surface area contributed by atoms with Gasteiger partial charge in [-0.15, -0.1) is 0 Å². The molecule has 0 atom stereocenters. The van der Waals surface area contributed by atoms with Crippen molar-refractivity contribution in [3.05, 3.63) is 51.7 Å². The number of para-hydroxylation sites is 1. The normalized spacial score (nSPS) is 14.1. The predicted octanol–water partition coefficient (Wildman–Crippen LogP) is 2.05. The third-order valence-corrected chi connectivity index (χ3v) is 3.65. The number of nitrogens with one attached hydrogen (secondary N) is 1. The summed E-state index contributed by atoms with van der Waals surface area (Å²) in [6.07, 6.45) is 0. The molecule has 0 radical (unpaired) electrons. The van der Waals surface area contributed by atoms with E-state index in [2.05, 4.69) is 5.10 Å². The van der Waals surface area contributed by atoms with E-state index in [1.54, 1.807) is 34.6 Å². The van der Waals surface area contributed by atoms with Crippen LogP contribution in [0.1, 0.15) is 11.3 Å². The lowest BCUT2D eigenvalue weighted by Crippen LogP contribution is -2.08. The summed E-state index contributed by atoms with van der Waals surface area (Å²) in [6, 6.07) is 6.44. The van der Waals surface area contributed by atoms with Crippen LogP contribution in [0.3, 0.4) is 0 Å². The van der Waals surface area contributed by atoms with E-state index in [0.717, 1.165) is 17.0 Å². The van der Waals surface area contributed by atoms with E-state index in [9.17, 15) is 9.18 Å². The van der Waals surface area contributed by atoms with Crippen LogP contribution in [0.25, 0.3) is 5.69 Å². The van der Waals surface area contributed by atoms with Crippen molar-refractivity contribution in [2.75, 3.05) is 0 Å². The maximum Gasteiger partial charge on any atom is 0.268 e. The molecule has 5 heteroatoms. The SMILES string of the molecule is O=c1[nH]n(-c2ccccc2F)c2c1CSC2. The Morgan fingerprint density at radius 1 is 1.31 bits per heavy atom. The van der Waals surface area contributed by atoms with Crippen LogP contribution in [0.15, 0.2) is 29.1 Å². The van der Waals surface area contributed by atoms with Gasteiger partial charge in [-0.25, -0.2) is 4.39 Å². The largest absolute Gasteiger partial charge is 0.268 e. The molecular formula is C11H9FN2OS. The van der Waals surface area contributed by atoms with Crippen LogP contribution in [-0.4, -0.2) is 9.78 Å². The molecule has 0 bridgehead atoms. The quantitative estimate of drug-likeness (QED) is 0.823. The Morgan fingerprint density at radius 3 is 2.94 bits per heavy atom. The Bertz CT molecular complexity index is 602. The fourth-order valence-electron chi connectivity index (χ4n) is 1.89. The van der Waals surface area contributed by atoms with Gasteiger partial charge in [-0.3, -0.25) is 14.6 Å². The van der Waals surface area contributed by atoms with Gasteiger partial charge in [-0.2, -0.15) is 11.8 Å². The van der Waals surface area contributed by atoms with Crippen LogP contribution < -0.4 is 5.56 Å². The summed E-state index contributed by atoms with van der Waals surface area (Å²) in [7, 11) is 0. The van der Waals surface area contributed by atoms with Crippen molar-refractivity contribution in [2.24, 2.45) is 0 Å². The van der Waals surface area contributed by atoms with Crippen LogP contribution in [-0.2, 0) is 11.5 Å². The van der Waals surface area contributed by atoms with E-state index in [4.69, 9.17) is 0 Å². The van der Waals surface area contributed by atoms with Gasteiger partial charge < -0.3 is 0 Å². The van der Waals surface area contributed by atoms with Crippen molar-refractivity contribution in [3.63, 3.8) is 0 Å². The molecule has 0 amide bonds. The lowest BCUT2D eigenvalue weighted by Gasteiger charge is -2.06. The number of H-pyrrole nitrogens is 1. The first-order valence-corrected chi connectivity index (χ1v) is 6.08. The molecule has 1 aliphatic heterocycles. The molecule has 82 valence electrons. The first-order chi connectivity index (χ1) is 7.77. The van der Waals surface area contributed by atoms with Gasteiger partial charge in [0.05, 0.1) is 16.9 Å². The average molecular weight is 236 g/mol. The molecule has 1 aromatic heterocycles. The molecule has 1 aromatic carbocycles. The van der Waals surface area contributed by atoms with E-state index < -0.39 is 0 Å². The van der Waals surface area contributed by atoms with Crippen molar-refractivity contribution in [2.45, 2.75) is 11.5 Å². The van der Waals surface area contributed by atoms with Crippen molar-refractivity contribution in [1.29, 1.82) is 0 Å². The standard InChI is InChI=1S/C11H9FN2OS/c12-8-3-1-2-4-9(8)14-10-6-16-5-7(10)11(15)13-14/h1-4H,5-6H2,(H,13,15). The molecule has 0 spiro atoms. The zero-order chi connectivity index (χ0) is 11.1. The first kappa shape index (κ1) is 9.72. The lowest BCUT2D eigenvalue weighted by atomic mass is 10.2. The zero-order valence-corrected chi connectivity index (χ0v) is 9.18. The Balaban J connectivity index is 2.25. The van der Waals surface area contributed by atoms with Crippen LogP contribution >= 0.6 is 11.8 Å². The Morgan fingerprint density at radius 2 is 2.12 bits per heavy atom. The van der Waals surface area contributed by atoms with Crippen molar-refractivity contribution in [3.8, 4) is 5.69 Å². The van der Waals surface area contributed by atoms with Crippen molar-refractivity contribution < 1.29 is 4.39 Å². The summed E-state index contributed by atoms with van der Waals surface area (Å²) in [5, 5.41) is 2.68. The molecule has 0 aliphatic carbocycles. The minimum atomic E-state index is -0.326. The van der Waals surface area contributed by atoms with E-state index in [1.807, 2.05) is 0 Å². The Labute approximate surface area is 95.3 Å². The summed E-state index contributed by atoms with van der Waals surface area (Å²) in [6.45, 7) is 0. The van der Waals surface area contributed by atoms with Crippen molar-refractivity contribution >= 4 is 11.8 Å². The number of benzene rings is 1. The molecule has 3 rings (SSSR count). The van der Waals surface area contributed by atoms with E-state index in [0.29, 0.717) is 11.4 Å². The van der Waals surface area contributed by atoms with Crippen LogP contribution in [0.2, 0.25) is 0 Å². The van der Waals surface area contributed by atoms with Crippen LogP contribution in [0.4, 0.5) is 4.39 Å². The van der Waals surface area contributed by atoms with E-state index in [-0.39, 0.29) is 11.4 Å². The number of aromatic amines is 1. The predicted molar refractivity (Wildman–Crippen MR) is 61.3 cm³/mol. The Hall–Kier alpha value is -1.49. The molecule has 1 aliphatic rings. The summed E-state index contributed by atoms with van der Waals surface area (Å²) in [5.74, 6) is 1.14. The second-order valence-corrected chi connectivity index (χ2v) is 4.63. The molecule has 0 saturated heterocycles. The first-order valence-electron chi connectivity index (χ1n) is 4.93. The number of aromatic nitrogens is 2. The van der Waals surface area contributed by atoms with Gasteiger partial charge in [0, 0.05) is 11.5 Å². The Kier molecular flexibility index (Phi) is 2.14. The van der Waals surface area contributed by atoms with Gasteiger partial charge >= 0.3 is 0 Å². The van der Waals surface area contributed by atoms with Gasteiger partial charge in [-0.05, 0) is 12.1 Å². The van der Waals surface area contributed by atoms with E-state index >= 15 is 0 Å². The summed E-state index contributed by atoms with van der Waals surface area (Å²) < 4.78 is 15.2. The topological polar surface area (TPSA) is 37.8 Å². The van der Waals surface area contributed by atoms with Crippen LogP contribution in [0, 0.1) is 5.82 Å². The van der Waals surface area contributed by atoms with Gasteiger partial charge in [0.1, 0.15) is 5.82 Å². The number of rotatable bonds is 1. The minimum absolute atomic E-state index is 0.108. The summed E-state index contributed by atoms with van der Waals surface area (Å²) >= 11 is 1.68. The second kappa shape index (κ2) is 3.52. The molecular weight excluding hydrogens is 227 g/mol. The molecule has 2 aromatic rings. The summed E-state index contributed by atoms with van der Waals surface area (Å²) in [4.78, 5) is 11.6. The molecule has 0 saturated carbocycles. The molecule has 16 heavy (non-hydrogen) atoms. The number of thioether (sulfide) groups is 1.